The van der Waals surface area contributed by atoms with Gasteiger partial charge in [0.25, 0.3) is 0 Å². The Morgan fingerprint density at radius 2 is 1.67 bits per heavy atom. The standard InChI is InChI=1S/C17H13N/c1-2-4-17-15(3-1)10-16(11-18-17)14-8-6-12-5-7-13(12)9-14/h1-4,6,8-11H,5,7H2. The summed E-state index contributed by atoms with van der Waals surface area (Å²) < 4.78 is 0. The van der Waals surface area contributed by atoms with Crippen molar-refractivity contribution in [3.8, 4) is 11.1 Å². The summed E-state index contributed by atoms with van der Waals surface area (Å²) in [5.41, 5.74) is 6.56. The lowest BCUT2D eigenvalue weighted by Gasteiger charge is -2.19. The van der Waals surface area contributed by atoms with Crippen LogP contribution >= 0.6 is 0 Å². The van der Waals surface area contributed by atoms with Crippen LogP contribution in [0.25, 0.3) is 22.0 Å². The Bertz CT molecular complexity index is 743. The summed E-state index contributed by atoms with van der Waals surface area (Å²) in [7, 11) is 0. The highest BCUT2D eigenvalue weighted by molar-refractivity contribution is 5.83. The molecule has 3 aromatic rings. The molecule has 0 bridgehead atoms. The predicted molar refractivity (Wildman–Crippen MR) is 74.6 cm³/mol. The molecule has 4 rings (SSSR count). The molecule has 0 saturated heterocycles. The van der Waals surface area contributed by atoms with E-state index in [1.165, 1.54) is 40.5 Å². The second-order valence-corrected chi connectivity index (χ2v) is 4.90. The van der Waals surface area contributed by atoms with Crippen LogP contribution in [0.4, 0.5) is 0 Å². The maximum atomic E-state index is 4.53. The molecule has 0 unspecified atom stereocenters. The lowest BCUT2D eigenvalue weighted by atomic mass is 9.86. The molecule has 1 aliphatic carbocycles. The first-order valence-corrected chi connectivity index (χ1v) is 6.37. The Morgan fingerprint density at radius 3 is 2.50 bits per heavy atom. The molecule has 0 radical (unpaired) electrons. The van der Waals surface area contributed by atoms with Gasteiger partial charge in [0.2, 0.25) is 0 Å². The van der Waals surface area contributed by atoms with Crippen LogP contribution in [0.2, 0.25) is 0 Å². The van der Waals surface area contributed by atoms with Crippen LogP contribution in [0.3, 0.4) is 0 Å². The van der Waals surface area contributed by atoms with Crippen molar-refractivity contribution in [2.24, 2.45) is 0 Å². The number of pyridine rings is 1. The summed E-state index contributed by atoms with van der Waals surface area (Å²) >= 11 is 0. The largest absolute Gasteiger partial charge is 0.256 e. The monoisotopic (exact) mass is 231 g/mol. The maximum Gasteiger partial charge on any atom is 0.0702 e. The van der Waals surface area contributed by atoms with Gasteiger partial charge in [-0.25, -0.2) is 0 Å². The van der Waals surface area contributed by atoms with Crippen LogP contribution in [0, 0.1) is 0 Å². The van der Waals surface area contributed by atoms with E-state index in [-0.39, 0.29) is 0 Å². The Kier molecular flexibility index (Phi) is 2.01. The molecule has 0 atom stereocenters. The maximum absolute atomic E-state index is 4.53. The lowest BCUT2D eigenvalue weighted by molar-refractivity contribution is 0.840. The van der Waals surface area contributed by atoms with E-state index >= 15 is 0 Å². The Balaban J connectivity index is 1.88. The first kappa shape index (κ1) is 9.84. The Hall–Kier alpha value is -2.15. The Morgan fingerprint density at radius 1 is 0.778 bits per heavy atom. The average Bonchev–Trinajstić information content (AvgIpc) is 2.40. The molecule has 2 aromatic carbocycles. The van der Waals surface area contributed by atoms with Crippen molar-refractivity contribution in [2.75, 3.05) is 0 Å². The van der Waals surface area contributed by atoms with E-state index in [4.69, 9.17) is 0 Å². The van der Waals surface area contributed by atoms with Crippen molar-refractivity contribution in [1.29, 1.82) is 0 Å². The molecule has 1 aliphatic rings. The van der Waals surface area contributed by atoms with Crippen molar-refractivity contribution < 1.29 is 0 Å². The third kappa shape index (κ3) is 1.44. The first-order chi connectivity index (χ1) is 8.90. The number of hydrogen-bond donors (Lipinski definition) is 0. The second kappa shape index (κ2) is 3.67. The molecule has 0 spiro atoms. The summed E-state index contributed by atoms with van der Waals surface area (Å²) in [6.45, 7) is 0. The smallest absolute Gasteiger partial charge is 0.0702 e. The summed E-state index contributed by atoms with van der Waals surface area (Å²) in [5, 5.41) is 1.21. The zero-order valence-electron chi connectivity index (χ0n) is 10.1. The van der Waals surface area contributed by atoms with Crippen LogP contribution < -0.4 is 0 Å². The fraction of sp³-hybridized carbons (Fsp3) is 0.118. The van der Waals surface area contributed by atoms with E-state index < -0.39 is 0 Å². The number of rotatable bonds is 1. The molecule has 1 aromatic heterocycles. The minimum absolute atomic E-state index is 1.06. The van der Waals surface area contributed by atoms with E-state index in [1.807, 2.05) is 12.3 Å². The zero-order chi connectivity index (χ0) is 11.9. The fourth-order valence-electron chi connectivity index (χ4n) is 2.60. The third-order valence-electron chi connectivity index (χ3n) is 3.79. The highest BCUT2D eigenvalue weighted by Gasteiger charge is 2.13. The number of fused-ring (bicyclic) bond motifs is 2. The van der Waals surface area contributed by atoms with Gasteiger partial charge in [-0.1, -0.05) is 36.4 Å². The van der Waals surface area contributed by atoms with Gasteiger partial charge in [0.15, 0.2) is 0 Å². The van der Waals surface area contributed by atoms with E-state index in [0.717, 1.165) is 5.52 Å². The molecule has 86 valence electrons. The number of para-hydroxylation sites is 1. The molecule has 0 aliphatic heterocycles. The Labute approximate surface area is 106 Å². The van der Waals surface area contributed by atoms with Crippen molar-refractivity contribution in [3.05, 3.63) is 65.9 Å². The lowest BCUT2D eigenvalue weighted by Crippen LogP contribution is -2.07. The SMILES string of the molecule is c1ccc2ncc(-c3ccc4c(c3)CC4)cc2c1. The normalized spacial score (nSPS) is 13.1. The molecule has 0 saturated carbocycles. The van der Waals surface area contributed by atoms with Crippen LogP contribution in [-0.4, -0.2) is 4.98 Å². The van der Waals surface area contributed by atoms with Crippen molar-refractivity contribution in [3.63, 3.8) is 0 Å². The number of aromatic nitrogens is 1. The average molecular weight is 231 g/mol. The molecular weight excluding hydrogens is 218 g/mol. The molecule has 1 heteroatoms. The van der Waals surface area contributed by atoms with E-state index in [2.05, 4.69) is 47.4 Å². The topological polar surface area (TPSA) is 12.9 Å². The van der Waals surface area contributed by atoms with Crippen LogP contribution in [0.1, 0.15) is 11.1 Å². The summed E-state index contributed by atoms with van der Waals surface area (Å²) in [4.78, 5) is 4.53. The molecule has 1 heterocycles. The highest BCUT2D eigenvalue weighted by atomic mass is 14.6. The zero-order valence-corrected chi connectivity index (χ0v) is 10.1. The number of nitrogens with zero attached hydrogens (tertiary/aromatic N) is 1. The van der Waals surface area contributed by atoms with E-state index in [9.17, 15) is 0 Å². The second-order valence-electron chi connectivity index (χ2n) is 4.90. The highest BCUT2D eigenvalue weighted by Crippen LogP contribution is 2.29. The van der Waals surface area contributed by atoms with Gasteiger partial charge in [-0.15, -0.1) is 0 Å². The van der Waals surface area contributed by atoms with Crippen LogP contribution in [0.15, 0.2) is 54.7 Å². The molecule has 0 amide bonds. The van der Waals surface area contributed by atoms with Crippen LogP contribution in [0.5, 0.6) is 0 Å². The summed E-state index contributed by atoms with van der Waals surface area (Å²) in [6.07, 6.45) is 4.44. The van der Waals surface area contributed by atoms with Crippen molar-refractivity contribution in [1.82, 2.24) is 4.98 Å². The van der Waals surface area contributed by atoms with Gasteiger partial charge < -0.3 is 0 Å². The van der Waals surface area contributed by atoms with Gasteiger partial charge in [-0.2, -0.15) is 0 Å². The molecule has 18 heavy (non-hydrogen) atoms. The minimum atomic E-state index is 1.06. The van der Waals surface area contributed by atoms with Gasteiger partial charge in [0, 0.05) is 17.1 Å². The van der Waals surface area contributed by atoms with E-state index in [1.54, 1.807) is 0 Å². The fourth-order valence-corrected chi connectivity index (χ4v) is 2.60. The van der Waals surface area contributed by atoms with Gasteiger partial charge in [0.05, 0.1) is 5.52 Å². The van der Waals surface area contributed by atoms with Gasteiger partial charge in [0.1, 0.15) is 0 Å². The van der Waals surface area contributed by atoms with Gasteiger partial charge in [-0.3, -0.25) is 4.98 Å². The first-order valence-electron chi connectivity index (χ1n) is 6.37. The minimum Gasteiger partial charge on any atom is -0.256 e. The van der Waals surface area contributed by atoms with Crippen molar-refractivity contribution >= 4 is 10.9 Å². The summed E-state index contributed by atoms with van der Waals surface area (Å²) in [6, 6.07) is 17.3. The third-order valence-corrected chi connectivity index (χ3v) is 3.79. The molecule has 1 nitrogen and oxygen atoms in total. The van der Waals surface area contributed by atoms with Crippen LogP contribution in [-0.2, 0) is 12.8 Å². The molecular formula is C17H13N. The predicted octanol–water partition coefficient (Wildman–Crippen LogP) is 4.00. The number of aryl methyl sites for hydroxylation is 2. The van der Waals surface area contributed by atoms with E-state index in [0.29, 0.717) is 0 Å². The van der Waals surface area contributed by atoms with Crippen molar-refractivity contribution in [2.45, 2.75) is 12.8 Å². The number of hydrogen-bond acceptors (Lipinski definition) is 1. The number of benzene rings is 2. The molecule has 0 N–H and O–H groups in total. The molecule has 0 fully saturated rings. The quantitative estimate of drug-likeness (QED) is 0.617. The summed E-state index contributed by atoms with van der Waals surface area (Å²) in [5.74, 6) is 0. The van der Waals surface area contributed by atoms with Gasteiger partial charge >= 0.3 is 0 Å². The van der Waals surface area contributed by atoms with Gasteiger partial charge in [-0.05, 0) is 41.7 Å².